The number of hydrogen-bond donors (Lipinski definition) is 2. The highest BCUT2D eigenvalue weighted by Crippen LogP contribution is 2.18. The zero-order chi connectivity index (χ0) is 13.9. The molecular formula is C10H16N4O3S2. The van der Waals surface area contributed by atoms with Gasteiger partial charge in [0.25, 0.3) is 0 Å². The Labute approximate surface area is 115 Å². The summed E-state index contributed by atoms with van der Waals surface area (Å²) >= 11 is 1.33. The van der Waals surface area contributed by atoms with Gasteiger partial charge in [0.1, 0.15) is 5.01 Å². The van der Waals surface area contributed by atoms with Crippen molar-refractivity contribution in [3.05, 3.63) is 5.01 Å². The van der Waals surface area contributed by atoms with E-state index in [-0.39, 0.29) is 23.5 Å². The van der Waals surface area contributed by atoms with Gasteiger partial charge in [-0.3, -0.25) is 5.32 Å². The van der Waals surface area contributed by atoms with Crippen molar-refractivity contribution in [2.24, 2.45) is 5.92 Å². The third-order valence-corrected chi connectivity index (χ3v) is 5.69. The second-order valence-corrected chi connectivity index (χ2v) is 7.75. The van der Waals surface area contributed by atoms with Gasteiger partial charge in [0.15, 0.2) is 9.84 Å². The molecule has 2 N–H and O–H groups in total. The molecule has 0 saturated carbocycles. The number of amides is 2. The first-order chi connectivity index (χ1) is 8.98. The number of nitrogens with zero attached hydrogens (tertiary/aromatic N) is 2. The van der Waals surface area contributed by atoms with E-state index < -0.39 is 9.84 Å². The number of hydrogen-bond acceptors (Lipinski definition) is 6. The van der Waals surface area contributed by atoms with Crippen LogP contribution in [0.4, 0.5) is 9.93 Å². The Bertz CT molecular complexity index is 555. The number of rotatable bonds is 4. The maximum Gasteiger partial charge on any atom is 0.321 e. The molecule has 9 heteroatoms. The highest BCUT2D eigenvalue weighted by atomic mass is 32.2. The quantitative estimate of drug-likeness (QED) is 0.851. The molecule has 0 unspecified atom stereocenters. The van der Waals surface area contributed by atoms with Crippen molar-refractivity contribution in [2.45, 2.75) is 19.8 Å². The molecule has 1 fully saturated rings. The molecule has 2 heterocycles. The van der Waals surface area contributed by atoms with E-state index in [1.54, 1.807) is 0 Å². The van der Waals surface area contributed by atoms with E-state index in [4.69, 9.17) is 0 Å². The molecule has 0 aliphatic carbocycles. The van der Waals surface area contributed by atoms with Crippen LogP contribution in [-0.2, 0) is 16.3 Å². The predicted octanol–water partition coefficient (Wildman–Crippen LogP) is 0.657. The molecule has 0 radical (unpaired) electrons. The molecule has 1 aliphatic heterocycles. The van der Waals surface area contributed by atoms with Crippen LogP contribution in [0.15, 0.2) is 0 Å². The standard InChI is InChI=1S/C10H16N4O3S2/c1-2-8-13-14-10(18-8)12-9(15)11-5-7-3-4-19(16,17)6-7/h7H,2-6H2,1H3,(H2,11,12,14,15)/t7-/m1/s1. The van der Waals surface area contributed by atoms with Crippen LogP contribution in [-0.4, -0.2) is 42.7 Å². The van der Waals surface area contributed by atoms with Gasteiger partial charge < -0.3 is 5.32 Å². The van der Waals surface area contributed by atoms with Gasteiger partial charge in [0, 0.05) is 6.54 Å². The Morgan fingerprint density at radius 2 is 2.26 bits per heavy atom. The average molecular weight is 304 g/mol. The van der Waals surface area contributed by atoms with Crippen molar-refractivity contribution in [3.8, 4) is 0 Å². The van der Waals surface area contributed by atoms with Crippen LogP contribution >= 0.6 is 11.3 Å². The molecule has 0 aromatic carbocycles. The van der Waals surface area contributed by atoms with E-state index in [0.29, 0.717) is 18.1 Å². The maximum atomic E-state index is 11.6. The highest BCUT2D eigenvalue weighted by Gasteiger charge is 2.27. The first kappa shape index (κ1) is 14.2. The Kier molecular flexibility index (Phi) is 4.35. The largest absolute Gasteiger partial charge is 0.337 e. The van der Waals surface area contributed by atoms with Crippen molar-refractivity contribution in [2.75, 3.05) is 23.4 Å². The van der Waals surface area contributed by atoms with E-state index in [1.165, 1.54) is 11.3 Å². The smallest absolute Gasteiger partial charge is 0.321 e. The van der Waals surface area contributed by atoms with Crippen LogP contribution in [0.3, 0.4) is 0 Å². The second-order valence-electron chi connectivity index (χ2n) is 4.46. The molecule has 2 amide bonds. The van der Waals surface area contributed by atoms with E-state index in [2.05, 4.69) is 20.8 Å². The van der Waals surface area contributed by atoms with Crippen LogP contribution in [0.2, 0.25) is 0 Å². The molecule has 1 atom stereocenters. The highest BCUT2D eigenvalue weighted by molar-refractivity contribution is 7.91. The fourth-order valence-electron chi connectivity index (χ4n) is 1.86. The Balaban J connectivity index is 1.76. The topological polar surface area (TPSA) is 101 Å². The minimum absolute atomic E-state index is 0.0105. The zero-order valence-electron chi connectivity index (χ0n) is 10.5. The summed E-state index contributed by atoms with van der Waals surface area (Å²) in [6.45, 7) is 2.33. The van der Waals surface area contributed by atoms with Gasteiger partial charge in [-0.1, -0.05) is 18.3 Å². The van der Waals surface area contributed by atoms with Gasteiger partial charge in [-0.2, -0.15) is 0 Å². The minimum atomic E-state index is -2.89. The Hall–Kier alpha value is -1.22. The van der Waals surface area contributed by atoms with Gasteiger partial charge in [-0.25, -0.2) is 13.2 Å². The average Bonchev–Trinajstić information content (AvgIpc) is 2.93. The SMILES string of the molecule is CCc1nnc(NC(=O)NC[C@H]2CCS(=O)(=O)C2)s1. The number of nitrogens with one attached hydrogen (secondary N) is 2. The third kappa shape index (κ3) is 4.13. The molecule has 1 aromatic rings. The predicted molar refractivity (Wildman–Crippen MR) is 73.1 cm³/mol. The summed E-state index contributed by atoms with van der Waals surface area (Å²) in [4.78, 5) is 11.6. The number of anilines is 1. The van der Waals surface area contributed by atoms with Gasteiger partial charge >= 0.3 is 6.03 Å². The van der Waals surface area contributed by atoms with Crippen LogP contribution in [0.25, 0.3) is 0 Å². The normalized spacial score (nSPS) is 21.2. The number of aromatic nitrogens is 2. The fourth-order valence-corrected chi connectivity index (χ4v) is 4.39. The summed E-state index contributed by atoms with van der Waals surface area (Å²) in [6.07, 6.45) is 1.39. The van der Waals surface area contributed by atoms with Gasteiger partial charge in [0.2, 0.25) is 5.13 Å². The van der Waals surface area contributed by atoms with Crippen LogP contribution in [0.1, 0.15) is 18.4 Å². The van der Waals surface area contributed by atoms with E-state index >= 15 is 0 Å². The third-order valence-electron chi connectivity index (χ3n) is 2.87. The lowest BCUT2D eigenvalue weighted by atomic mass is 10.1. The number of urea groups is 1. The zero-order valence-corrected chi connectivity index (χ0v) is 12.2. The van der Waals surface area contributed by atoms with Gasteiger partial charge in [-0.05, 0) is 18.8 Å². The fraction of sp³-hybridized carbons (Fsp3) is 0.700. The summed E-state index contributed by atoms with van der Waals surface area (Å²) in [7, 11) is -2.89. The second kappa shape index (κ2) is 5.83. The Morgan fingerprint density at radius 1 is 1.47 bits per heavy atom. The molecular weight excluding hydrogens is 288 g/mol. The molecule has 1 saturated heterocycles. The van der Waals surface area contributed by atoms with Crippen molar-refractivity contribution < 1.29 is 13.2 Å². The van der Waals surface area contributed by atoms with Crippen LogP contribution in [0.5, 0.6) is 0 Å². The molecule has 7 nitrogen and oxygen atoms in total. The summed E-state index contributed by atoms with van der Waals surface area (Å²) in [5.74, 6) is 0.389. The summed E-state index contributed by atoms with van der Waals surface area (Å²) in [5.41, 5.74) is 0. The van der Waals surface area contributed by atoms with Gasteiger partial charge in [-0.15, -0.1) is 10.2 Å². The summed E-state index contributed by atoms with van der Waals surface area (Å²) in [5, 5.41) is 14.3. The number of carbonyl (C=O) groups is 1. The molecule has 0 bridgehead atoms. The number of sulfone groups is 1. The van der Waals surface area contributed by atoms with Crippen LogP contribution in [0, 0.1) is 5.92 Å². The lowest BCUT2D eigenvalue weighted by molar-refractivity contribution is 0.250. The minimum Gasteiger partial charge on any atom is -0.337 e. The van der Waals surface area contributed by atoms with Gasteiger partial charge in [0.05, 0.1) is 11.5 Å². The molecule has 0 spiro atoms. The van der Waals surface area contributed by atoms with Crippen molar-refractivity contribution >= 4 is 32.3 Å². The summed E-state index contributed by atoms with van der Waals surface area (Å²) < 4.78 is 22.5. The van der Waals surface area contributed by atoms with E-state index in [1.807, 2.05) is 6.92 Å². The maximum absolute atomic E-state index is 11.6. The molecule has 1 aromatic heterocycles. The monoisotopic (exact) mass is 304 g/mol. The van der Waals surface area contributed by atoms with E-state index in [0.717, 1.165) is 11.4 Å². The summed E-state index contributed by atoms with van der Waals surface area (Å²) in [6, 6.07) is -0.372. The molecule has 19 heavy (non-hydrogen) atoms. The Morgan fingerprint density at radius 3 is 2.84 bits per heavy atom. The molecule has 2 rings (SSSR count). The van der Waals surface area contributed by atoms with Crippen molar-refractivity contribution in [1.29, 1.82) is 0 Å². The first-order valence-electron chi connectivity index (χ1n) is 6.06. The first-order valence-corrected chi connectivity index (χ1v) is 8.70. The molecule has 106 valence electrons. The van der Waals surface area contributed by atoms with Crippen molar-refractivity contribution in [3.63, 3.8) is 0 Å². The lowest BCUT2D eigenvalue weighted by Gasteiger charge is -2.09. The number of aryl methyl sites for hydroxylation is 1. The van der Waals surface area contributed by atoms with E-state index in [9.17, 15) is 13.2 Å². The molecule has 1 aliphatic rings. The lowest BCUT2D eigenvalue weighted by Crippen LogP contribution is -2.33. The van der Waals surface area contributed by atoms with Crippen LogP contribution < -0.4 is 10.6 Å². The number of carbonyl (C=O) groups excluding carboxylic acids is 1. The van der Waals surface area contributed by atoms with Crippen molar-refractivity contribution in [1.82, 2.24) is 15.5 Å².